The second kappa shape index (κ2) is 6.70. The normalized spacial score (nSPS) is 19.2. The van der Waals surface area contributed by atoms with Gasteiger partial charge in [0.2, 0.25) is 11.8 Å². The summed E-state index contributed by atoms with van der Waals surface area (Å²) in [5, 5.41) is 4.02. The predicted molar refractivity (Wildman–Crippen MR) is 80.8 cm³/mol. The Bertz CT molecular complexity index is 626. The van der Waals surface area contributed by atoms with Crippen molar-refractivity contribution < 1.29 is 9.32 Å². The number of amides is 1. The molecular weight excluding hydrogens is 280 g/mol. The van der Waals surface area contributed by atoms with Gasteiger partial charge in [0, 0.05) is 6.42 Å². The maximum atomic E-state index is 11.5. The average Bonchev–Trinajstić information content (AvgIpc) is 2.96. The van der Waals surface area contributed by atoms with Gasteiger partial charge in [-0.1, -0.05) is 41.9 Å². The zero-order chi connectivity index (χ0) is 15.4. The van der Waals surface area contributed by atoms with Crippen molar-refractivity contribution in [3.63, 3.8) is 0 Å². The number of primary amides is 1. The molecule has 1 aromatic carbocycles. The van der Waals surface area contributed by atoms with Gasteiger partial charge in [-0.3, -0.25) is 9.69 Å². The van der Waals surface area contributed by atoms with Gasteiger partial charge in [0.1, 0.15) is 0 Å². The van der Waals surface area contributed by atoms with Gasteiger partial charge in [0.15, 0.2) is 5.82 Å². The first kappa shape index (κ1) is 14.7. The molecule has 2 heterocycles. The molecule has 1 amide bonds. The van der Waals surface area contributed by atoms with Crippen LogP contribution in [0.4, 0.5) is 0 Å². The summed E-state index contributed by atoms with van der Waals surface area (Å²) in [6, 6.07) is 9.79. The van der Waals surface area contributed by atoms with Gasteiger partial charge < -0.3 is 10.3 Å². The van der Waals surface area contributed by atoms with E-state index in [1.807, 2.05) is 35.2 Å². The van der Waals surface area contributed by atoms with Crippen LogP contribution in [0.3, 0.4) is 0 Å². The number of carbonyl (C=O) groups is 1. The Hall–Kier alpha value is -2.21. The number of benzene rings is 1. The average molecular weight is 300 g/mol. The topological polar surface area (TPSA) is 85.3 Å². The van der Waals surface area contributed by atoms with Crippen LogP contribution in [-0.2, 0) is 17.8 Å². The molecule has 2 N–H and O–H groups in total. The third-order valence-corrected chi connectivity index (χ3v) is 4.00. The summed E-state index contributed by atoms with van der Waals surface area (Å²) in [4.78, 5) is 18.0. The van der Waals surface area contributed by atoms with E-state index < -0.39 is 0 Å². The fourth-order valence-electron chi connectivity index (χ4n) is 2.88. The summed E-state index contributed by atoms with van der Waals surface area (Å²) >= 11 is 0. The van der Waals surface area contributed by atoms with Crippen molar-refractivity contribution >= 4 is 5.91 Å². The van der Waals surface area contributed by atoms with Crippen molar-refractivity contribution in [3.05, 3.63) is 47.6 Å². The minimum atomic E-state index is -0.274. The summed E-state index contributed by atoms with van der Waals surface area (Å²) < 4.78 is 5.31. The number of nitrogens with zero attached hydrogens (tertiary/aromatic N) is 3. The lowest BCUT2D eigenvalue weighted by Gasteiger charge is -2.32. The quantitative estimate of drug-likeness (QED) is 0.904. The molecular formula is C16H20N4O2. The number of hydrogen-bond acceptors (Lipinski definition) is 5. The fourth-order valence-corrected chi connectivity index (χ4v) is 2.88. The highest BCUT2D eigenvalue weighted by Crippen LogP contribution is 2.19. The lowest BCUT2D eigenvalue weighted by Crippen LogP contribution is -2.47. The molecule has 2 aromatic rings. The Morgan fingerprint density at radius 3 is 2.91 bits per heavy atom. The Labute approximate surface area is 129 Å². The molecule has 1 unspecified atom stereocenters. The molecule has 22 heavy (non-hydrogen) atoms. The zero-order valence-electron chi connectivity index (χ0n) is 12.4. The molecule has 3 rings (SSSR count). The molecule has 0 spiro atoms. The predicted octanol–water partition coefficient (Wildman–Crippen LogP) is 1.50. The number of aromatic nitrogens is 2. The Morgan fingerprint density at radius 2 is 2.14 bits per heavy atom. The monoisotopic (exact) mass is 300 g/mol. The first-order valence-corrected chi connectivity index (χ1v) is 7.61. The lowest BCUT2D eigenvalue weighted by molar-refractivity contribution is -0.124. The van der Waals surface area contributed by atoms with Crippen molar-refractivity contribution in [2.45, 2.75) is 38.3 Å². The summed E-state index contributed by atoms with van der Waals surface area (Å²) in [7, 11) is 0. The number of carbonyl (C=O) groups excluding carboxylic acids is 1. The van der Waals surface area contributed by atoms with Crippen LogP contribution in [0.25, 0.3) is 0 Å². The van der Waals surface area contributed by atoms with E-state index in [4.69, 9.17) is 10.3 Å². The van der Waals surface area contributed by atoms with Crippen molar-refractivity contribution in [1.82, 2.24) is 15.0 Å². The van der Waals surface area contributed by atoms with Crippen LogP contribution in [0.2, 0.25) is 0 Å². The maximum absolute atomic E-state index is 11.5. The Morgan fingerprint density at radius 1 is 1.32 bits per heavy atom. The van der Waals surface area contributed by atoms with Gasteiger partial charge in [-0.2, -0.15) is 4.98 Å². The van der Waals surface area contributed by atoms with Gasteiger partial charge in [0.25, 0.3) is 0 Å². The molecule has 1 fully saturated rings. The third-order valence-electron chi connectivity index (χ3n) is 4.00. The number of nitrogens with two attached hydrogens (primary N) is 1. The van der Waals surface area contributed by atoms with Crippen LogP contribution in [0.1, 0.15) is 36.5 Å². The van der Waals surface area contributed by atoms with E-state index in [-0.39, 0.29) is 11.9 Å². The molecule has 1 saturated heterocycles. The summed E-state index contributed by atoms with van der Waals surface area (Å²) in [5.74, 6) is 0.927. The van der Waals surface area contributed by atoms with E-state index >= 15 is 0 Å². The van der Waals surface area contributed by atoms with Crippen molar-refractivity contribution in [1.29, 1.82) is 0 Å². The first-order chi connectivity index (χ1) is 10.7. The van der Waals surface area contributed by atoms with Crippen LogP contribution in [0.15, 0.2) is 34.9 Å². The molecule has 1 aliphatic rings. The van der Waals surface area contributed by atoms with E-state index in [1.165, 1.54) is 0 Å². The maximum Gasteiger partial charge on any atom is 0.240 e. The third kappa shape index (κ3) is 3.51. The summed E-state index contributed by atoms with van der Waals surface area (Å²) in [5.41, 5.74) is 6.61. The molecule has 0 aliphatic carbocycles. The molecule has 1 atom stereocenters. The molecule has 116 valence electrons. The van der Waals surface area contributed by atoms with E-state index in [2.05, 4.69) is 10.1 Å². The van der Waals surface area contributed by atoms with Crippen LogP contribution in [0, 0.1) is 0 Å². The van der Waals surface area contributed by atoms with Gasteiger partial charge in [-0.05, 0) is 24.9 Å². The standard InChI is InChI=1S/C16H20N4O2/c17-16(21)13-8-4-5-9-20(13)11-15-18-14(19-22-15)10-12-6-2-1-3-7-12/h1-3,6-7,13H,4-5,8-11H2,(H2,17,21). The number of hydrogen-bond donors (Lipinski definition) is 1. The second-order valence-corrected chi connectivity index (χ2v) is 5.65. The summed E-state index contributed by atoms with van der Waals surface area (Å²) in [6.45, 7) is 1.32. The van der Waals surface area contributed by atoms with Crippen LogP contribution < -0.4 is 5.73 Å². The second-order valence-electron chi connectivity index (χ2n) is 5.65. The van der Waals surface area contributed by atoms with Gasteiger partial charge in [-0.25, -0.2) is 0 Å². The van der Waals surface area contributed by atoms with E-state index in [0.717, 1.165) is 31.4 Å². The molecule has 1 aliphatic heterocycles. The Balaban J connectivity index is 1.65. The van der Waals surface area contributed by atoms with Crippen LogP contribution in [0.5, 0.6) is 0 Å². The molecule has 6 heteroatoms. The number of rotatable bonds is 5. The minimum Gasteiger partial charge on any atom is -0.368 e. The molecule has 1 aromatic heterocycles. The first-order valence-electron chi connectivity index (χ1n) is 7.61. The van der Waals surface area contributed by atoms with E-state index in [0.29, 0.717) is 24.7 Å². The largest absolute Gasteiger partial charge is 0.368 e. The smallest absolute Gasteiger partial charge is 0.240 e. The van der Waals surface area contributed by atoms with Crippen molar-refractivity contribution in [2.24, 2.45) is 5.73 Å². The zero-order valence-corrected chi connectivity index (χ0v) is 12.4. The highest BCUT2D eigenvalue weighted by atomic mass is 16.5. The SMILES string of the molecule is NC(=O)C1CCCCN1Cc1nc(Cc2ccccc2)no1. The molecule has 6 nitrogen and oxygen atoms in total. The van der Waals surface area contributed by atoms with Gasteiger partial charge in [0.05, 0.1) is 12.6 Å². The minimum absolute atomic E-state index is 0.224. The number of piperidine rings is 1. The van der Waals surface area contributed by atoms with Crippen molar-refractivity contribution in [2.75, 3.05) is 6.54 Å². The highest BCUT2D eigenvalue weighted by Gasteiger charge is 2.28. The Kier molecular flexibility index (Phi) is 4.48. The van der Waals surface area contributed by atoms with E-state index in [9.17, 15) is 4.79 Å². The van der Waals surface area contributed by atoms with Crippen LogP contribution >= 0.6 is 0 Å². The number of likely N-dealkylation sites (tertiary alicyclic amines) is 1. The molecule has 0 radical (unpaired) electrons. The molecule has 0 bridgehead atoms. The van der Waals surface area contributed by atoms with Gasteiger partial charge in [-0.15, -0.1) is 0 Å². The molecule has 0 saturated carbocycles. The highest BCUT2D eigenvalue weighted by molar-refractivity contribution is 5.79. The van der Waals surface area contributed by atoms with Crippen molar-refractivity contribution in [3.8, 4) is 0 Å². The fraction of sp³-hybridized carbons (Fsp3) is 0.438. The van der Waals surface area contributed by atoms with Crippen LogP contribution in [-0.4, -0.2) is 33.5 Å². The van der Waals surface area contributed by atoms with E-state index in [1.54, 1.807) is 0 Å². The summed E-state index contributed by atoms with van der Waals surface area (Å²) in [6.07, 6.45) is 3.55. The van der Waals surface area contributed by atoms with Gasteiger partial charge >= 0.3 is 0 Å². The lowest BCUT2D eigenvalue weighted by atomic mass is 10.0.